The number of nitrogens with one attached hydrogen (secondary N) is 1. The summed E-state index contributed by atoms with van der Waals surface area (Å²) in [4.78, 5) is 20.9. The molecule has 11 atom stereocenters. The number of allylic oxidation sites excluding steroid dienone is 5. The van der Waals surface area contributed by atoms with E-state index in [1.807, 2.05) is 30.3 Å². The van der Waals surface area contributed by atoms with Gasteiger partial charge in [0.15, 0.2) is 9.84 Å². The van der Waals surface area contributed by atoms with Gasteiger partial charge in [-0.2, -0.15) is 5.26 Å². The lowest BCUT2D eigenvalue weighted by molar-refractivity contribution is -0.201. The third-order valence-electron chi connectivity index (χ3n) is 19.7. The summed E-state index contributed by atoms with van der Waals surface area (Å²) in [7, 11) is -2.88. The summed E-state index contributed by atoms with van der Waals surface area (Å²) in [5.74, 6) is 4.79. The van der Waals surface area contributed by atoms with E-state index in [1.165, 1.54) is 68.1 Å². The number of pyridine rings is 1. The Balaban J connectivity index is 0.936. The third kappa shape index (κ3) is 8.33. The molecule has 1 aromatic heterocycles. The zero-order valence-corrected chi connectivity index (χ0v) is 41.6. The van der Waals surface area contributed by atoms with E-state index in [2.05, 4.69) is 81.5 Å². The first-order chi connectivity index (χ1) is 31.4. The van der Waals surface area contributed by atoms with Gasteiger partial charge in [0.25, 0.3) is 0 Å². The highest BCUT2D eigenvalue weighted by atomic mass is 32.2. The number of nitrogens with zero attached hydrogens (tertiary/aromatic N) is 3. The van der Waals surface area contributed by atoms with E-state index in [-0.39, 0.29) is 52.5 Å². The number of hydrogen-bond acceptors (Lipinski definition) is 9. The Morgan fingerprint density at radius 1 is 0.955 bits per heavy atom. The van der Waals surface area contributed by atoms with Crippen LogP contribution in [0.2, 0.25) is 0 Å². The van der Waals surface area contributed by atoms with Crippen LogP contribution in [0.25, 0.3) is 0 Å². The highest BCUT2D eigenvalue weighted by Gasteiger charge is 2.69. The van der Waals surface area contributed by atoms with Gasteiger partial charge in [-0.25, -0.2) is 13.4 Å². The lowest BCUT2D eigenvalue weighted by Gasteiger charge is -2.70. The van der Waals surface area contributed by atoms with Crippen molar-refractivity contribution in [3.05, 3.63) is 95.2 Å². The van der Waals surface area contributed by atoms with E-state index in [0.717, 1.165) is 25.1 Å². The average Bonchev–Trinajstić information content (AvgIpc) is 3.70. The molecule has 2 aromatic rings. The van der Waals surface area contributed by atoms with Crippen LogP contribution in [0.5, 0.6) is 5.88 Å². The Morgan fingerprint density at radius 2 is 1.70 bits per heavy atom. The lowest BCUT2D eigenvalue weighted by atomic mass is 9.35. The van der Waals surface area contributed by atoms with Gasteiger partial charge in [0, 0.05) is 44.0 Å². The summed E-state index contributed by atoms with van der Waals surface area (Å²) in [6.45, 7) is 23.4. The molecule has 356 valence electrons. The Kier molecular flexibility index (Phi) is 12.9. The number of fused-ring (bicyclic) bond motifs is 7. The van der Waals surface area contributed by atoms with Gasteiger partial charge in [0.05, 0.1) is 23.1 Å². The summed E-state index contributed by atoms with van der Waals surface area (Å²) in [5.41, 5.74) is 5.39. The number of ether oxygens (including phenoxy) is 2. The third-order valence-corrected chi connectivity index (χ3v) is 21.3. The van der Waals surface area contributed by atoms with E-state index in [1.54, 1.807) is 18.3 Å². The molecular formula is C56H76N4O5S. The van der Waals surface area contributed by atoms with Crippen molar-refractivity contribution < 1.29 is 22.7 Å². The first-order valence-corrected chi connectivity index (χ1v) is 27.2. The molecule has 4 saturated carbocycles. The Morgan fingerprint density at radius 3 is 2.41 bits per heavy atom. The molecule has 0 spiro atoms. The number of sulfone groups is 1. The van der Waals surface area contributed by atoms with Crippen LogP contribution in [0.3, 0.4) is 0 Å². The van der Waals surface area contributed by atoms with Crippen LogP contribution in [0.4, 0.5) is 0 Å². The van der Waals surface area contributed by atoms with E-state index < -0.39 is 15.3 Å². The molecule has 7 aliphatic rings. The number of aromatic nitrogens is 1. The maximum absolute atomic E-state index is 14.2. The van der Waals surface area contributed by atoms with Gasteiger partial charge in [-0.1, -0.05) is 89.3 Å². The van der Waals surface area contributed by atoms with Crippen LogP contribution in [-0.4, -0.2) is 74.1 Å². The smallest absolute Gasteiger partial charge is 0.316 e. The van der Waals surface area contributed by atoms with Crippen molar-refractivity contribution in [2.45, 2.75) is 124 Å². The van der Waals surface area contributed by atoms with Crippen molar-refractivity contribution in [3.8, 4) is 11.9 Å². The summed E-state index contributed by atoms with van der Waals surface area (Å²) < 4.78 is 36.6. The lowest BCUT2D eigenvalue weighted by Crippen LogP contribution is -2.67. The molecule has 1 N–H and O–H groups in total. The Labute approximate surface area is 396 Å². The topological polar surface area (TPSA) is 122 Å². The summed E-state index contributed by atoms with van der Waals surface area (Å²) in [6, 6.07) is 15.3. The molecule has 1 aliphatic heterocycles. The van der Waals surface area contributed by atoms with Gasteiger partial charge < -0.3 is 19.7 Å². The second-order valence-electron chi connectivity index (χ2n) is 23.2. The molecule has 5 fully saturated rings. The van der Waals surface area contributed by atoms with E-state index in [0.29, 0.717) is 78.8 Å². The fraction of sp³-hybridized carbons (Fsp3) is 0.661. The summed E-state index contributed by atoms with van der Waals surface area (Å²) >= 11 is 0. The van der Waals surface area contributed by atoms with Crippen LogP contribution < -0.4 is 10.1 Å². The molecule has 0 amide bonds. The van der Waals surface area contributed by atoms with Crippen LogP contribution in [-0.2, 0) is 26.0 Å². The molecule has 6 aliphatic carbocycles. The Bertz CT molecular complexity index is 2380. The normalized spacial score (nSPS) is 37.9. The first-order valence-electron chi connectivity index (χ1n) is 25.4. The molecular weight excluding hydrogens is 841 g/mol. The molecule has 0 bridgehead atoms. The van der Waals surface area contributed by atoms with Crippen molar-refractivity contribution in [2.24, 2.45) is 63.1 Å². The van der Waals surface area contributed by atoms with Crippen molar-refractivity contribution in [1.29, 1.82) is 5.26 Å². The monoisotopic (exact) mass is 917 g/mol. The first kappa shape index (κ1) is 47.3. The molecule has 1 aromatic carbocycles. The molecule has 10 heteroatoms. The molecule has 9 rings (SSSR count). The quantitative estimate of drug-likeness (QED) is 0.164. The Hall–Kier alpha value is -3.78. The number of carbonyl (C=O) groups excluding carboxylic acids is 1. The highest BCUT2D eigenvalue weighted by molar-refractivity contribution is 7.91. The van der Waals surface area contributed by atoms with Crippen molar-refractivity contribution >= 4 is 15.8 Å². The van der Waals surface area contributed by atoms with Crippen molar-refractivity contribution in [1.82, 2.24) is 15.2 Å². The molecule has 9 nitrogen and oxygen atoms in total. The number of nitriles is 1. The van der Waals surface area contributed by atoms with Gasteiger partial charge in [-0.05, 0) is 158 Å². The summed E-state index contributed by atoms with van der Waals surface area (Å²) in [6.07, 6.45) is 18.5. The predicted molar refractivity (Wildman–Crippen MR) is 261 cm³/mol. The van der Waals surface area contributed by atoms with Gasteiger partial charge >= 0.3 is 5.97 Å². The second kappa shape index (κ2) is 17.9. The molecule has 1 saturated heterocycles. The van der Waals surface area contributed by atoms with Crippen LogP contribution in [0.1, 0.15) is 123 Å². The van der Waals surface area contributed by atoms with Crippen LogP contribution in [0.15, 0.2) is 84.1 Å². The van der Waals surface area contributed by atoms with E-state index >= 15 is 0 Å². The van der Waals surface area contributed by atoms with Crippen LogP contribution in [0, 0.1) is 74.4 Å². The highest BCUT2D eigenvalue weighted by Crippen LogP contribution is 2.74. The second-order valence-corrected chi connectivity index (χ2v) is 25.5. The van der Waals surface area contributed by atoms with E-state index in [9.17, 15) is 18.5 Å². The maximum Gasteiger partial charge on any atom is 0.316 e. The number of benzene rings is 1. The molecule has 1 unspecified atom stereocenters. The van der Waals surface area contributed by atoms with Gasteiger partial charge in [-0.15, -0.1) is 0 Å². The SMILES string of the molecule is C=C(C)[C@@H]1CC[C@]2(NCCN3CCS(=O)(=O)CC3)CC[C@]3(C)[C@H](CC[C@@H]4[C@@H]5[C@@H](CC[C@]43C)C(C)(C)C(C3=CCC(COc4cc(C#N)ccn4)(C(=O)OCc4ccccc4)CC3)=C[C@@H]5C)[C@@H]12. The van der Waals surface area contributed by atoms with Crippen molar-refractivity contribution in [3.63, 3.8) is 0 Å². The average molecular weight is 917 g/mol. The fourth-order valence-corrected chi connectivity index (χ4v) is 17.1. The van der Waals surface area contributed by atoms with E-state index in [4.69, 9.17) is 9.47 Å². The van der Waals surface area contributed by atoms with Gasteiger partial charge in [0.1, 0.15) is 18.6 Å². The van der Waals surface area contributed by atoms with Crippen LogP contribution >= 0.6 is 0 Å². The zero-order valence-electron chi connectivity index (χ0n) is 40.7. The standard InChI is InChI=1S/C56H76N4O5S/c1-38(2)43-17-23-56(59-27-28-60-29-31-66(62,63)32-30-60)25-24-54(7)46(50(43)56)14-13-45-49-39(3)33-47(52(4,5)44(49)18-20-53(45,54)6)42-15-21-55(22-16-42,37-65-48-34-41(35-57)19-26-58-48)51(61)64-36-40-11-9-8-10-12-40/h8-12,15,19,26,33-34,39,43-46,49-50,59H,1,13-14,16-18,20-25,27-32,36-37H2,2-7H3/t39-,43-,44+,45+,46+,49-,50+,53+,54+,55?,56-/m0/s1. The molecule has 66 heavy (non-hydrogen) atoms. The molecule has 0 radical (unpaired) electrons. The number of hydrogen-bond donors (Lipinski definition) is 1. The zero-order chi connectivity index (χ0) is 46.7. The predicted octanol–water partition coefficient (Wildman–Crippen LogP) is 10.3. The molecule has 2 heterocycles. The largest absolute Gasteiger partial charge is 0.476 e. The number of esters is 1. The number of rotatable bonds is 12. The fourth-order valence-electron chi connectivity index (χ4n) is 15.8. The minimum absolute atomic E-state index is 0.00521. The minimum atomic E-state index is -2.88. The van der Waals surface area contributed by atoms with Gasteiger partial charge in [0.2, 0.25) is 5.88 Å². The van der Waals surface area contributed by atoms with Crippen molar-refractivity contribution in [2.75, 3.05) is 44.3 Å². The minimum Gasteiger partial charge on any atom is -0.476 e. The maximum atomic E-state index is 14.2. The van der Waals surface area contributed by atoms with Gasteiger partial charge in [-0.3, -0.25) is 4.79 Å². The summed E-state index contributed by atoms with van der Waals surface area (Å²) in [5, 5.41) is 13.7. The number of carbonyl (C=O) groups is 1.